The Morgan fingerprint density at radius 3 is 1.33 bits per heavy atom. The first-order valence-corrected chi connectivity index (χ1v) is 4.96. The third kappa shape index (κ3) is 5.20. The van der Waals surface area contributed by atoms with E-state index in [9.17, 15) is 4.39 Å². The lowest BCUT2D eigenvalue weighted by Gasteiger charge is -2.19. The molecule has 0 aliphatic heterocycles. The van der Waals surface area contributed by atoms with Gasteiger partial charge in [0.25, 0.3) is 0 Å². The van der Waals surface area contributed by atoms with Crippen molar-refractivity contribution >= 4 is 8.80 Å². The molecular weight excluding hydrogens is 179 g/mol. The van der Waals surface area contributed by atoms with E-state index in [0.717, 1.165) is 0 Å². The molecule has 0 atom stereocenters. The van der Waals surface area contributed by atoms with Crippen LogP contribution >= 0.6 is 0 Å². The number of rotatable bonds is 4. The molecule has 72 valence electrons. The second kappa shape index (κ2) is 8.60. The van der Waals surface area contributed by atoms with Gasteiger partial charge in [-0.05, 0) is 5.70 Å². The maximum Gasteiger partial charge on any atom is 0.528 e. The Bertz CT molecular complexity index is 118. The topological polar surface area (TPSA) is 27.7 Å². The summed E-state index contributed by atoms with van der Waals surface area (Å²) in [4.78, 5) is 0. The summed E-state index contributed by atoms with van der Waals surface area (Å²) in [6.07, 6.45) is 0.250. The highest BCUT2D eigenvalue weighted by atomic mass is 28.4. The molecule has 0 amide bonds. The zero-order valence-corrected chi connectivity index (χ0v) is 8.67. The fourth-order valence-electron chi connectivity index (χ4n) is 0.500. The third-order valence-electron chi connectivity index (χ3n) is 1.10. The first kappa shape index (κ1) is 14.1. The monoisotopic (exact) mass is 194 g/mol. The highest BCUT2D eigenvalue weighted by Crippen LogP contribution is 2.04. The van der Waals surface area contributed by atoms with Crippen molar-refractivity contribution in [1.29, 1.82) is 0 Å². The molecule has 0 fully saturated rings. The molecule has 0 aliphatic carbocycles. The fourth-order valence-corrected chi connectivity index (χ4v) is 1.50. The molecule has 0 rings (SSSR count). The summed E-state index contributed by atoms with van der Waals surface area (Å²) in [5.41, 5.74) is 1.58. The molecule has 0 N–H and O–H groups in total. The molecule has 0 saturated carbocycles. The average Bonchev–Trinajstić information content (AvgIpc) is 2.11. The van der Waals surface area contributed by atoms with Crippen LogP contribution in [0.1, 0.15) is 0 Å². The van der Waals surface area contributed by atoms with Gasteiger partial charge in [-0.1, -0.05) is 13.2 Å². The van der Waals surface area contributed by atoms with E-state index < -0.39 is 8.80 Å². The van der Waals surface area contributed by atoms with Gasteiger partial charge in [0.15, 0.2) is 0 Å². The maximum absolute atomic E-state index is 10.1. The summed E-state index contributed by atoms with van der Waals surface area (Å²) in [6, 6.07) is 0. The van der Waals surface area contributed by atoms with Gasteiger partial charge in [0.2, 0.25) is 0 Å². The molecule has 0 aromatic carbocycles. The molecule has 0 heterocycles. The summed E-state index contributed by atoms with van der Waals surface area (Å²) >= 11 is 0. The van der Waals surface area contributed by atoms with Crippen molar-refractivity contribution in [2.45, 2.75) is 0 Å². The van der Waals surface area contributed by atoms with Gasteiger partial charge in [-0.3, -0.25) is 0 Å². The van der Waals surface area contributed by atoms with Crippen LogP contribution in [0.2, 0.25) is 0 Å². The van der Waals surface area contributed by atoms with E-state index in [1.807, 2.05) is 0 Å². The van der Waals surface area contributed by atoms with Crippen LogP contribution in [0.4, 0.5) is 4.39 Å². The predicted molar refractivity (Wildman–Crippen MR) is 48.3 cm³/mol. The van der Waals surface area contributed by atoms with Crippen molar-refractivity contribution in [1.82, 2.24) is 0 Å². The Morgan fingerprint density at radius 1 is 1.08 bits per heavy atom. The Hall–Kier alpha value is -0.493. The van der Waals surface area contributed by atoms with Gasteiger partial charge in [0, 0.05) is 21.3 Å². The molecule has 0 bridgehead atoms. The zero-order chi connectivity index (χ0) is 10.0. The average molecular weight is 194 g/mol. The summed E-state index contributed by atoms with van der Waals surface area (Å²) in [5.74, 6) is 0. The molecular formula is C7H15FO3Si. The zero-order valence-electron chi connectivity index (χ0n) is 7.67. The van der Waals surface area contributed by atoms with Crippen molar-refractivity contribution in [3.8, 4) is 0 Å². The van der Waals surface area contributed by atoms with E-state index in [-0.39, 0.29) is 6.33 Å². The molecule has 12 heavy (non-hydrogen) atoms. The SMILES string of the molecule is C=CF.C=C[Si](OC)(OC)OC. The molecule has 0 saturated heterocycles. The Balaban J connectivity index is 0. The minimum atomic E-state index is -2.43. The molecule has 0 unspecified atom stereocenters. The lowest BCUT2D eigenvalue weighted by atomic mass is 11.2. The van der Waals surface area contributed by atoms with Crippen LogP contribution in [-0.4, -0.2) is 30.1 Å². The van der Waals surface area contributed by atoms with E-state index >= 15 is 0 Å². The molecule has 0 aromatic rings. The van der Waals surface area contributed by atoms with Crippen molar-refractivity contribution in [3.63, 3.8) is 0 Å². The fraction of sp³-hybridized carbons (Fsp3) is 0.429. The number of hydrogen-bond acceptors (Lipinski definition) is 3. The summed E-state index contributed by atoms with van der Waals surface area (Å²) < 4.78 is 24.9. The molecule has 5 heteroatoms. The van der Waals surface area contributed by atoms with Crippen molar-refractivity contribution < 1.29 is 17.7 Å². The first-order valence-electron chi connectivity index (χ1n) is 3.16. The largest absolute Gasteiger partial charge is 0.528 e. The van der Waals surface area contributed by atoms with Gasteiger partial charge in [-0.2, -0.15) is 0 Å². The lowest BCUT2D eigenvalue weighted by Crippen LogP contribution is -2.40. The Morgan fingerprint density at radius 2 is 1.33 bits per heavy atom. The van der Waals surface area contributed by atoms with E-state index in [1.165, 1.54) is 0 Å². The van der Waals surface area contributed by atoms with Gasteiger partial charge < -0.3 is 13.3 Å². The van der Waals surface area contributed by atoms with Gasteiger partial charge in [-0.15, -0.1) is 0 Å². The first-order chi connectivity index (χ1) is 5.66. The van der Waals surface area contributed by atoms with E-state index in [1.54, 1.807) is 27.0 Å². The van der Waals surface area contributed by atoms with E-state index in [2.05, 4.69) is 13.2 Å². The van der Waals surface area contributed by atoms with Crippen LogP contribution in [-0.2, 0) is 13.3 Å². The van der Waals surface area contributed by atoms with Gasteiger partial charge in [-0.25, -0.2) is 4.39 Å². The predicted octanol–water partition coefficient (Wildman–Crippen LogP) is 1.69. The molecule has 0 spiro atoms. The minimum Gasteiger partial charge on any atom is -0.374 e. The molecule has 0 radical (unpaired) electrons. The lowest BCUT2D eigenvalue weighted by molar-refractivity contribution is 0.138. The molecule has 3 nitrogen and oxygen atoms in total. The van der Waals surface area contributed by atoms with Crippen molar-refractivity contribution in [2.75, 3.05) is 21.3 Å². The molecule has 0 aromatic heterocycles. The Kier molecular flexibility index (Phi) is 10.1. The van der Waals surface area contributed by atoms with Gasteiger partial charge >= 0.3 is 8.80 Å². The summed E-state index contributed by atoms with van der Waals surface area (Å²) in [5, 5.41) is 0. The third-order valence-corrected chi connectivity index (χ3v) is 3.31. The van der Waals surface area contributed by atoms with Crippen LogP contribution < -0.4 is 0 Å². The summed E-state index contributed by atoms with van der Waals surface area (Å²) in [7, 11) is 2.20. The highest BCUT2D eigenvalue weighted by Gasteiger charge is 2.33. The number of halogens is 1. The second-order valence-corrected chi connectivity index (χ2v) is 4.41. The standard InChI is InChI=1S/C5H12O3Si.C2H3F/c1-5-9(6-2,7-3)8-4;1-2-3/h5H,1H2,2-4H3;2H,1H2. The van der Waals surface area contributed by atoms with Crippen LogP contribution in [0.15, 0.2) is 25.2 Å². The number of hydrogen-bond donors (Lipinski definition) is 0. The summed E-state index contributed by atoms with van der Waals surface area (Å²) in [6.45, 7) is 6.23. The van der Waals surface area contributed by atoms with Crippen LogP contribution in [0, 0.1) is 0 Å². The van der Waals surface area contributed by atoms with Crippen LogP contribution in [0.25, 0.3) is 0 Å². The minimum absolute atomic E-state index is 0.250. The van der Waals surface area contributed by atoms with Crippen molar-refractivity contribution in [2.24, 2.45) is 0 Å². The van der Waals surface area contributed by atoms with Gasteiger partial charge in [0.1, 0.15) is 0 Å². The second-order valence-electron chi connectivity index (χ2n) is 1.57. The van der Waals surface area contributed by atoms with Crippen LogP contribution in [0.3, 0.4) is 0 Å². The normalized spacial score (nSPS) is 9.67. The van der Waals surface area contributed by atoms with E-state index in [4.69, 9.17) is 13.3 Å². The van der Waals surface area contributed by atoms with Crippen LogP contribution in [0.5, 0.6) is 0 Å². The smallest absolute Gasteiger partial charge is 0.374 e. The molecule has 0 aliphatic rings. The maximum atomic E-state index is 10.1. The quantitative estimate of drug-likeness (QED) is 0.637. The van der Waals surface area contributed by atoms with Crippen molar-refractivity contribution in [3.05, 3.63) is 25.2 Å². The van der Waals surface area contributed by atoms with Gasteiger partial charge in [0.05, 0.1) is 6.33 Å². The highest BCUT2D eigenvalue weighted by molar-refractivity contribution is 6.66. The Labute approximate surface area is 73.8 Å². The van der Waals surface area contributed by atoms with E-state index in [0.29, 0.717) is 0 Å².